The van der Waals surface area contributed by atoms with Gasteiger partial charge in [-0.1, -0.05) is 24.3 Å². The summed E-state index contributed by atoms with van der Waals surface area (Å²) >= 11 is 0. The van der Waals surface area contributed by atoms with Gasteiger partial charge in [0.15, 0.2) is 0 Å². The number of rotatable bonds is 0. The maximum absolute atomic E-state index is 9.53. The van der Waals surface area contributed by atoms with Crippen LogP contribution in [0.2, 0.25) is 0 Å². The molecule has 0 spiro atoms. The van der Waals surface area contributed by atoms with Crippen LogP contribution >= 0.6 is 0 Å². The Kier molecular flexibility index (Phi) is 3.38. The smallest absolute Gasteiger partial charge is 0.0876 e. The molecule has 0 aromatic heterocycles. The average molecular weight is 194 g/mol. The van der Waals surface area contributed by atoms with Gasteiger partial charge in [-0.3, -0.25) is 0 Å². The number of fused-ring (bicyclic) bond motifs is 1. The fraction of sp³-hybridized carbons (Fsp3) is 0.667. The van der Waals surface area contributed by atoms with E-state index in [1.165, 1.54) is 0 Å². The van der Waals surface area contributed by atoms with Crippen LogP contribution in [0, 0.1) is 0 Å². The molecule has 78 valence electrons. The number of ether oxygens (including phenoxy) is 1. The van der Waals surface area contributed by atoms with Crippen molar-refractivity contribution in [2.45, 2.75) is 50.4 Å². The molecule has 1 heterocycles. The van der Waals surface area contributed by atoms with E-state index in [0.29, 0.717) is 12.2 Å². The predicted octanol–water partition coefficient (Wildman–Crippen LogP) is 2.19. The van der Waals surface area contributed by atoms with Crippen LogP contribution in [0.25, 0.3) is 0 Å². The van der Waals surface area contributed by atoms with Gasteiger partial charge in [0.1, 0.15) is 0 Å². The van der Waals surface area contributed by atoms with E-state index in [1.807, 2.05) is 6.08 Å². The molecule has 0 saturated carbocycles. The van der Waals surface area contributed by atoms with Crippen molar-refractivity contribution in [3.63, 3.8) is 0 Å². The van der Waals surface area contributed by atoms with Crippen LogP contribution in [0.1, 0.15) is 32.1 Å². The summed E-state index contributed by atoms with van der Waals surface area (Å²) in [6.45, 7) is 0. The molecule has 1 aliphatic heterocycles. The van der Waals surface area contributed by atoms with E-state index >= 15 is 0 Å². The maximum Gasteiger partial charge on any atom is 0.0876 e. The van der Waals surface area contributed by atoms with Gasteiger partial charge in [0.05, 0.1) is 18.3 Å². The molecule has 1 saturated heterocycles. The van der Waals surface area contributed by atoms with E-state index in [-0.39, 0.29) is 6.10 Å². The first-order valence-corrected chi connectivity index (χ1v) is 5.51. The van der Waals surface area contributed by atoms with Crippen LogP contribution in [0.4, 0.5) is 0 Å². The minimum atomic E-state index is -0.281. The van der Waals surface area contributed by atoms with Crippen LogP contribution in [0.3, 0.4) is 0 Å². The van der Waals surface area contributed by atoms with E-state index in [2.05, 4.69) is 18.2 Å². The molecule has 1 fully saturated rings. The molecular weight excluding hydrogens is 176 g/mol. The lowest BCUT2D eigenvalue weighted by Crippen LogP contribution is -2.01. The molecule has 2 nitrogen and oxygen atoms in total. The highest BCUT2D eigenvalue weighted by Crippen LogP contribution is 2.30. The third-order valence-corrected chi connectivity index (χ3v) is 2.83. The van der Waals surface area contributed by atoms with Gasteiger partial charge in [-0.2, -0.15) is 0 Å². The first-order valence-electron chi connectivity index (χ1n) is 5.51. The maximum atomic E-state index is 9.53. The number of hydrogen-bond donors (Lipinski definition) is 1. The fourth-order valence-corrected chi connectivity index (χ4v) is 1.87. The topological polar surface area (TPSA) is 32.8 Å². The fourth-order valence-electron chi connectivity index (χ4n) is 1.87. The van der Waals surface area contributed by atoms with Gasteiger partial charge in [0.25, 0.3) is 0 Å². The van der Waals surface area contributed by atoms with Crippen LogP contribution in [-0.4, -0.2) is 23.4 Å². The van der Waals surface area contributed by atoms with Crippen molar-refractivity contribution in [1.29, 1.82) is 0 Å². The molecular formula is C12H18O2. The molecule has 0 bridgehead atoms. The highest BCUT2D eigenvalue weighted by Gasteiger charge is 2.36. The minimum absolute atomic E-state index is 0.281. The second-order valence-corrected chi connectivity index (χ2v) is 4.07. The van der Waals surface area contributed by atoms with Crippen molar-refractivity contribution in [2.24, 2.45) is 0 Å². The number of aliphatic hydroxyl groups is 1. The second-order valence-electron chi connectivity index (χ2n) is 4.07. The van der Waals surface area contributed by atoms with Crippen LogP contribution in [0.5, 0.6) is 0 Å². The third-order valence-electron chi connectivity index (χ3n) is 2.83. The first-order chi connectivity index (χ1) is 6.86. The summed E-state index contributed by atoms with van der Waals surface area (Å²) in [6, 6.07) is 0. The van der Waals surface area contributed by atoms with Gasteiger partial charge >= 0.3 is 0 Å². The lowest BCUT2D eigenvalue weighted by molar-refractivity contribution is 0.213. The largest absolute Gasteiger partial charge is 0.389 e. The molecule has 2 rings (SSSR count). The van der Waals surface area contributed by atoms with E-state index in [0.717, 1.165) is 32.1 Å². The number of hydrogen-bond acceptors (Lipinski definition) is 2. The van der Waals surface area contributed by atoms with Crippen molar-refractivity contribution in [3.8, 4) is 0 Å². The summed E-state index contributed by atoms with van der Waals surface area (Å²) in [6.07, 6.45) is 14.0. The van der Waals surface area contributed by atoms with Gasteiger partial charge < -0.3 is 9.84 Å². The number of aliphatic hydroxyl groups excluding tert-OH is 1. The highest BCUT2D eigenvalue weighted by atomic mass is 16.6. The predicted molar refractivity (Wildman–Crippen MR) is 56.0 cm³/mol. The molecule has 2 aliphatic rings. The minimum Gasteiger partial charge on any atom is -0.389 e. The number of epoxide rings is 1. The van der Waals surface area contributed by atoms with E-state index in [4.69, 9.17) is 4.74 Å². The van der Waals surface area contributed by atoms with Gasteiger partial charge in [-0.05, 0) is 32.1 Å². The van der Waals surface area contributed by atoms with Gasteiger partial charge in [-0.25, -0.2) is 0 Å². The van der Waals surface area contributed by atoms with E-state index < -0.39 is 0 Å². The molecule has 1 aliphatic carbocycles. The molecule has 1 N–H and O–H groups in total. The Morgan fingerprint density at radius 1 is 1.00 bits per heavy atom. The average Bonchev–Trinajstić information content (AvgIpc) is 2.88. The summed E-state index contributed by atoms with van der Waals surface area (Å²) < 4.78 is 5.50. The van der Waals surface area contributed by atoms with Crippen molar-refractivity contribution in [3.05, 3.63) is 24.3 Å². The molecule has 0 aromatic rings. The van der Waals surface area contributed by atoms with E-state index in [9.17, 15) is 5.11 Å². The van der Waals surface area contributed by atoms with E-state index in [1.54, 1.807) is 0 Å². The molecule has 3 atom stereocenters. The monoisotopic (exact) mass is 194 g/mol. The lowest BCUT2D eigenvalue weighted by Gasteiger charge is -2.02. The molecule has 14 heavy (non-hydrogen) atoms. The Morgan fingerprint density at radius 2 is 1.79 bits per heavy atom. The Balaban J connectivity index is 1.86. The zero-order valence-electron chi connectivity index (χ0n) is 8.43. The lowest BCUT2D eigenvalue weighted by atomic mass is 10.1. The van der Waals surface area contributed by atoms with Crippen molar-refractivity contribution in [1.82, 2.24) is 0 Å². The first kappa shape index (κ1) is 9.94. The Hall–Kier alpha value is -0.600. The SMILES string of the molecule is OC1/C=C\CC2OC2CC/C=C\CC1. The van der Waals surface area contributed by atoms with Crippen molar-refractivity contribution >= 4 is 0 Å². The van der Waals surface area contributed by atoms with Crippen LogP contribution in [0.15, 0.2) is 24.3 Å². The Morgan fingerprint density at radius 3 is 2.64 bits per heavy atom. The zero-order chi connectivity index (χ0) is 9.80. The standard InChI is InChI=1S/C12H18O2/c13-10-6-3-1-2-4-8-11-12(14-11)9-5-7-10/h1-2,5,7,10-13H,3-4,6,8-9H2/b2-1-,7-5-. The normalized spacial score (nSPS) is 42.8. The van der Waals surface area contributed by atoms with Crippen molar-refractivity contribution < 1.29 is 9.84 Å². The summed E-state index contributed by atoms with van der Waals surface area (Å²) in [5.74, 6) is 0. The second kappa shape index (κ2) is 4.76. The summed E-state index contributed by atoms with van der Waals surface area (Å²) in [5, 5.41) is 9.53. The molecule has 0 aromatic carbocycles. The van der Waals surface area contributed by atoms with Crippen LogP contribution < -0.4 is 0 Å². The number of allylic oxidation sites excluding steroid dienone is 2. The van der Waals surface area contributed by atoms with Gasteiger partial charge in [-0.15, -0.1) is 0 Å². The molecule has 0 radical (unpaired) electrons. The summed E-state index contributed by atoms with van der Waals surface area (Å²) in [7, 11) is 0. The summed E-state index contributed by atoms with van der Waals surface area (Å²) in [4.78, 5) is 0. The zero-order valence-corrected chi connectivity index (χ0v) is 8.43. The van der Waals surface area contributed by atoms with Gasteiger partial charge in [0.2, 0.25) is 0 Å². The molecule has 2 heteroatoms. The Labute approximate surface area is 85.3 Å². The van der Waals surface area contributed by atoms with Gasteiger partial charge in [0, 0.05) is 0 Å². The molecule has 3 unspecified atom stereocenters. The highest BCUT2D eigenvalue weighted by molar-refractivity contribution is 4.99. The van der Waals surface area contributed by atoms with Crippen molar-refractivity contribution in [2.75, 3.05) is 0 Å². The quantitative estimate of drug-likeness (QED) is 0.473. The Bertz CT molecular complexity index is 232. The third kappa shape index (κ3) is 2.96. The van der Waals surface area contributed by atoms with Crippen LogP contribution in [-0.2, 0) is 4.74 Å². The summed E-state index contributed by atoms with van der Waals surface area (Å²) in [5.41, 5.74) is 0. The molecule has 0 amide bonds.